The average Bonchev–Trinajstić information content (AvgIpc) is 2.84. The largest absolute Gasteiger partial charge is 0.481 e. The second-order valence-corrected chi connectivity index (χ2v) is 6.24. The van der Waals surface area contributed by atoms with E-state index in [4.69, 9.17) is 5.11 Å². The molecule has 5 nitrogen and oxygen atoms in total. The van der Waals surface area contributed by atoms with Crippen LogP contribution in [0.5, 0.6) is 0 Å². The minimum Gasteiger partial charge on any atom is -0.481 e. The van der Waals surface area contributed by atoms with Gasteiger partial charge in [0.1, 0.15) is 0 Å². The van der Waals surface area contributed by atoms with Crippen LogP contribution in [-0.4, -0.2) is 22.0 Å². The van der Waals surface area contributed by atoms with Crippen molar-refractivity contribution in [3.63, 3.8) is 0 Å². The maximum atomic E-state index is 10.9. The Kier molecular flexibility index (Phi) is 5.35. The van der Waals surface area contributed by atoms with Crippen molar-refractivity contribution in [3.8, 4) is 0 Å². The quantitative estimate of drug-likeness (QED) is 0.799. The van der Waals surface area contributed by atoms with Crippen molar-refractivity contribution in [1.29, 1.82) is 0 Å². The zero-order chi connectivity index (χ0) is 15.2. The lowest BCUT2D eigenvalue weighted by molar-refractivity contribution is -0.136. The maximum absolute atomic E-state index is 10.9. The molecular weight excluding hydrogens is 308 g/mol. The van der Waals surface area contributed by atoms with E-state index >= 15 is 0 Å². The number of hydrogen-bond acceptors (Lipinski definition) is 5. The summed E-state index contributed by atoms with van der Waals surface area (Å²) in [5.41, 5.74) is 1.69. The first kappa shape index (κ1) is 15.5. The number of carboxylic acid groups (broad SMARTS) is 1. The summed E-state index contributed by atoms with van der Waals surface area (Å²) in [6.07, 6.45) is 0.0388. The molecule has 1 aromatic heterocycles. The highest BCUT2D eigenvalue weighted by Gasteiger charge is 2.05. The van der Waals surface area contributed by atoms with Crippen LogP contribution in [-0.2, 0) is 21.8 Å². The molecule has 0 radical (unpaired) electrons. The molecule has 1 heterocycles. The number of hydrogen-bond donors (Lipinski definition) is 2. The van der Waals surface area contributed by atoms with E-state index in [-0.39, 0.29) is 12.3 Å². The van der Waals surface area contributed by atoms with Crippen molar-refractivity contribution in [2.75, 3.05) is 5.32 Å². The highest BCUT2D eigenvalue weighted by Crippen LogP contribution is 2.25. The van der Waals surface area contributed by atoms with Gasteiger partial charge in [0.2, 0.25) is 5.91 Å². The first-order valence-corrected chi connectivity index (χ1v) is 8.05. The Hall–Kier alpha value is -1.86. The number of thioether (sulfide) groups is 1. The van der Waals surface area contributed by atoms with Gasteiger partial charge in [0.05, 0.1) is 12.1 Å². The number of carbonyl (C=O) groups is 2. The smallest absolute Gasteiger partial charge is 0.307 e. The summed E-state index contributed by atoms with van der Waals surface area (Å²) >= 11 is 3.02. The van der Waals surface area contributed by atoms with Crippen LogP contribution >= 0.6 is 23.1 Å². The zero-order valence-corrected chi connectivity index (χ0v) is 13.0. The molecular formula is C14H14N2O3S2. The molecule has 2 rings (SSSR count). The molecule has 7 heteroatoms. The minimum atomic E-state index is -0.830. The van der Waals surface area contributed by atoms with E-state index in [1.807, 2.05) is 29.6 Å². The van der Waals surface area contributed by atoms with Crippen molar-refractivity contribution in [2.45, 2.75) is 24.0 Å². The van der Waals surface area contributed by atoms with Crippen LogP contribution in [0.3, 0.4) is 0 Å². The van der Waals surface area contributed by atoms with Crippen molar-refractivity contribution in [3.05, 3.63) is 40.9 Å². The van der Waals surface area contributed by atoms with Crippen LogP contribution in [0.1, 0.15) is 18.2 Å². The Morgan fingerprint density at radius 2 is 2.05 bits per heavy atom. The number of thiazole rings is 1. The summed E-state index contributed by atoms with van der Waals surface area (Å²) in [7, 11) is 0. The number of anilines is 1. The molecule has 1 aromatic carbocycles. The number of nitrogens with zero attached hydrogens (tertiary/aromatic N) is 1. The van der Waals surface area contributed by atoms with E-state index in [2.05, 4.69) is 10.3 Å². The van der Waals surface area contributed by atoms with Crippen LogP contribution in [0.15, 0.2) is 34.5 Å². The second kappa shape index (κ2) is 7.24. The molecule has 0 bridgehead atoms. The van der Waals surface area contributed by atoms with Crippen LogP contribution < -0.4 is 5.32 Å². The zero-order valence-electron chi connectivity index (χ0n) is 11.3. The lowest BCUT2D eigenvalue weighted by Gasteiger charge is -2.01. The Morgan fingerprint density at radius 1 is 1.33 bits per heavy atom. The molecule has 110 valence electrons. The summed E-state index contributed by atoms with van der Waals surface area (Å²) in [5, 5.41) is 13.9. The van der Waals surface area contributed by atoms with Gasteiger partial charge in [-0.1, -0.05) is 12.1 Å². The van der Waals surface area contributed by atoms with Crippen molar-refractivity contribution < 1.29 is 14.7 Å². The van der Waals surface area contributed by atoms with Gasteiger partial charge in [-0.25, -0.2) is 4.98 Å². The third-order valence-electron chi connectivity index (χ3n) is 2.50. The molecule has 0 saturated carbocycles. The summed E-state index contributed by atoms with van der Waals surface area (Å²) in [5.74, 6) is -0.255. The number of aliphatic carboxylic acids is 1. The number of benzene rings is 1. The lowest BCUT2D eigenvalue weighted by Crippen LogP contribution is -2.05. The first-order chi connectivity index (χ1) is 10.0. The predicted molar refractivity (Wildman–Crippen MR) is 83.8 cm³/mol. The average molecular weight is 322 g/mol. The van der Waals surface area contributed by atoms with Gasteiger partial charge < -0.3 is 10.4 Å². The molecule has 0 aliphatic rings. The Bertz CT molecular complexity index is 638. The molecule has 0 spiro atoms. The normalized spacial score (nSPS) is 10.3. The Balaban J connectivity index is 1.89. The summed E-state index contributed by atoms with van der Waals surface area (Å²) in [4.78, 5) is 26.9. The van der Waals surface area contributed by atoms with E-state index in [9.17, 15) is 9.59 Å². The summed E-state index contributed by atoms with van der Waals surface area (Å²) in [6, 6.07) is 7.45. The van der Waals surface area contributed by atoms with Crippen LogP contribution in [0.25, 0.3) is 0 Å². The molecule has 0 fully saturated rings. The van der Waals surface area contributed by atoms with Crippen LogP contribution in [0.4, 0.5) is 5.13 Å². The van der Waals surface area contributed by atoms with Crippen molar-refractivity contribution in [1.82, 2.24) is 4.98 Å². The SMILES string of the molecule is CC(=O)Nc1nc(CSc2ccc(CC(=O)O)cc2)cs1. The fourth-order valence-corrected chi connectivity index (χ4v) is 3.27. The third kappa shape index (κ3) is 5.20. The van der Waals surface area contributed by atoms with Gasteiger partial charge in [0.15, 0.2) is 5.13 Å². The van der Waals surface area contributed by atoms with Gasteiger partial charge in [-0.3, -0.25) is 9.59 Å². The molecule has 0 aliphatic carbocycles. The summed E-state index contributed by atoms with van der Waals surface area (Å²) in [6.45, 7) is 1.45. The molecule has 0 saturated heterocycles. The summed E-state index contributed by atoms with van der Waals surface area (Å²) < 4.78 is 0. The lowest BCUT2D eigenvalue weighted by atomic mass is 10.2. The number of carboxylic acids is 1. The fourth-order valence-electron chi connectivity index (χ4n) is 1.62. The highest BCUT2D eigenvalue weighted by atomic mass is 32.2. The van der Waals surface area contributed by atoms with Gasteiger partial charge in [0, 0.05) is 23.0 Å². The highest BCUT2D eigenvalue weighted by molar-refractivity contribution is 7.98. The van der Waals surface area contributed by atoms with E-state index in [1.165, 1.54) is 18.3 Å². The van der Waals surface area contributed by atoms with Gasteiger partial charge in [-0.15, -0.1) is 23.1 Å². The van der Waals surface area contributed by atoms with Crippen LogP contribution in [0.2, 0.25) is 0 Å². The standard InChI is InChI=1S/C14H14N2O3S2/c1-9(17)15-14-16-11(8-21-14)7-20-12-4-2-10(3-5-12)6-13(18)19/h2-5,8H,6-7H2,1H3,(H,18,19)(H,15,16,17). The number of rotatable bonds is 6. The van der Waals surface area contributed by atoms with E-state index in [0.29, 0.717) is 10.9 Å². The van der Waals surface area contributed by atoms with Gasteiger partial charge >= 0.3 is 5.97 Å². The molecule has 2 N–H and O–H groups in total. The molecule has 2 aromatic rings. The number of nitrogens with one attached hydrogen (secondary N) is 1. The van der Waals surface area contributed by atoms with Crippen molar-refractivity contribution in [2.24, 2.45) is 0 Å². The number of carbonyl (C=O) groups excluding carboxylic acids is 1. The van der Waals surface area contributed by atoms with E-state index in [1.54, 1.807) is 11.8 Å². The molecule has 0 atom stereocenters. The minimum absolute atomic E-state index is 0.0388. The molecule has 21 heavy (non-hydrogen) atoms. The van der Waals surface area contributed by atoms with Crippen molar-refractivity contribution >= 4 is 40.1 Å². The third-order valence-corrected chi connectivity index (χ3v) is 4.35. The molecule has 1 amide bonds. The van der Waals surface area contributed by atoms with Gasteiger partial charge in [-0.2, -0.15) is 0 Å². The number of amides is 1. The van der Waals surface area contributed by atoms with Gasteiger partial charge in [-0.05, 0) is 17.7 Å². The Labute approximate surface area is 130 Å². The van der Waals surface area contributed by atoms with Gasteiger partial charge in [0.25, 0.3) is 0 Å². The number of aromatic nitrogens is 1. The monoisotopic (exact) mass is 322 g/mol. The van der Waals surface area contributed by atoms with E-state index in [0.717, 1.165) is 16.2 Å². The van der Waals surface area contributed by atoms with Crippen LogP contribution in [0, 0.1) is 0 Å². The second-order valence-electron chi connectivity index (χ2n) is 4.33. The fraction of sp³-hybridized carbons (Fsp3) is 0.214. The molecule has 0 aliphatic heterocycles. The van der Waals surface area contributed by atoms with E-state index < -0.39 is 5.97 Å². The predicted octanol–water partition coefficient (Wildman–Crippen LogP) is 3.02. The maximum Gasteiger partial charge on any atom is 0.307 e. The molecule has 0 unspecified atom stereocenters. The first-order valence-electron chi connectivity index (χ1n) is 6.18. The Morgan fingerprint density at radius 3 is 2.67 bits per heavy atom. The topological polar surface area (TPSA) is 79.3 Å².